The molecule has 0 atom stereocenters. The Balaban J connectivity index is 1.96. The van der Waals surface area contributed by atoms with Gasteiger partial charge >= 0.3 is 5.97 Å². The summed E-state index contributed by atoms with van der Waals surface area (Å²) in [6, 6.07) is 11.2. The number of aromatic carboxylic acids is 1. The van der Waals surface area contributed by atoms with E-state index in [1.165, 1.54) is 12.1 Å². The lowest BCUT2D eigenvalue weighted by Gasteiger charge is -2.11. The van der Waals surface area contributed by atoms with Crippen LogP contribution in [-0.4, -0.2) is 28.7 Å². The zero-order chi connectivity index (χ0) is 17.7. The number of aromatic hydroxyl groups is 1. The fourth-order valence-corrected chi connectivity index (χ4v) is 2.07. The number of carbonyl (C=O) groups is 2. The van der Waals surface area contributed by atoms with E-state index in [1.54, 1.807) is 6.07 Å². The van der Waals surface area contributed by atoms with E-state index in [2.05, 4.69) is 19.2 Å². The summed E-state index contributed by atoms with van der Waals surface area (Å²) in [5.74, 6) is -0.987. The van der Waals surface area contributed by atoms with Crippen molar-refractivity contribution in [3.63, 3.8) is 0 Å². The van der Waals surface area contributed by atoms with E-state index in [9.17, 15) is 14.7 Å². The number of carboxylic acids is 1. The van der Waals surface area contributed by atoms with Gasteiger partial charge in [-0.3, -0.25) is 4.79 Å². The van der Waals surface area contributed by atoms with Gasteiger partial charge in [-0.1, -0.05) is 26.0 Å². The monoisotopic (exact) mass is 329 g/mol. The summed E-state index contributed by atoms with van der Waals surface area (Å²) in [5.41, 5.74) is 1.17. The highest BCUT2D eigenvalue weighted by Gasteiger charge is 2.11. The van der Waals surface area contributed by atoms with E-state index in [1.807, 2.05) is 18.2 Å². The number of carboxylic acid groups (broad SMARTS) is 1. The molecule has 0 saturated heterocycles. The van der Waals surface area contributed by atoms with Crippen molar-refractivity contribution in [3.05, 3.63) is 53.6 Å². The zero-order valence-electron chi connectivity index (χ0n) is 13.4. The van der Waals surface area contributed by atoms with Gasteiger partial charge in [0.2, 0.25) is 0 Å². The van der Waals surface area contributed by atoms with Crippen molar-refractivity contribution in [2.45, 2.75) is 19.8 Å². The standard InChI is InChI=1S/C18H19NO5/c1-11(2)12-4-3-5-14(8-12)24-10-17(21)19-15-7-6-13(18(22)23)9-16(15)20/h3-9,11,20H,10H2,1-2H3,(H,19,21)(H,22,23). The number of hydrogen-bond acceptors (Lipinski definition) is 4. The molecule has 6 heteroatoms. The van der Waals surface area contributed by atoms with Gasteiger partial charge in [0.1, 0.15) is 11.5 Å². The summed E-state index contributed by atoms with van der Waals surface area (Å²) >= 11 is 0. The molecule has 0 aliphatic heterocycles. The lowest BCUT2D eigenvalue weighted by Crippen LogP contribution is -2.20. The fourth-order valence-electron chi connectivity index (χ4n) is 2.07. The fraction of sp³-hybridized carbons (Fsp3) is 0.222. The first kappa shape index (κ1) is 17.3. The van der Waals surface area contributed by atoms with Gasteiger partial charge in [0.05, 0.1) is 11.3 Å². The summed E-state index contributed by atoms with van der Waals surface area (Å²) < 4.78 is 5.44. The highest BCUT2D eigenvalue weighted by atomic mass is 16.5. The topological polar surface area (TPSA) is 95.9 Å². The first-order valence-corrected chi connectivity index (χ1v) is 7.45. The van der Waals surface area contributed by atoms with Crippen LogP contribution in [-0.2, 0) is 4.79 Å². The van der Waals surface area contributed by atoms with Gasteiger partial charge in [-0.15, -0.1) is 0 Å². The van der Waals surface area contributed by atoms with Crippen molar-refractivity contribution in [3.8, 4) is 11.5 Å². The number of ether oxygens (including phenoxy) is 1. The molecule has 126 valence electrons. The molecule has 3 N–H and O–H groups in total. The van der Waals surface area contributed by atoms with E-state index in [-0.39, 0.29) is 23.6 Å². The normalized spacial score (nSPS) is 10.5. The molecule has 0 aliphatic rings. The highest BCUT2D eigenvalue weighted by Crippen LogP contribution is 2.24. The van der Waals surface area contributed by atoms with Crippen LogP contribution in [0.1, 0.15) is 35.7 Å². The number of hydrogen-bond donors (Lipinski definition) is 3. The van der Waals surface area contributed by atoms with Crippen LogP contribution in [0.3, 0.4) is 0 Å². The van der Waals surface area contributed by atoms with Crippen LogP contribution in [0.15, 0.2) is 42.5 Å². The number of phenols is 1. The van der Waals surface area contributed by atoms with Crippen molar-refractivity contribution < 1.29 is 24.5 Å². The molecule has 2 aromatic carbocycles. The molecule has 0 aliphatic carbocycles. The van der Waals surface area contributed by atoms with Gasteiger partial charge in [-0.2, -0.15) is 0 Å². The second-order valence-corrected chi connectivity index (χ2v) is 5.60. The molecule has 0 heterocycles. The first-order valence-electron chi connectivity index (χ1n) is 7.45. The number of rotatable bonds is 6. The van der Waals surface area contributed by atoms with Gasteiger partial charge in [0, 0.05) is 0 Å². The highest BCUT2D eigenvalue weighted by molar-refractivity contribution is 5.95. The van der Waals surface area contributed by atoms with Gasteiger partial charge in [-0.05, 0) is 41.8 Å². The van der Waals surface area contributed by atoms with Crippen molar-refractivity contribution in [1.82, 2.24) is 0 Å². The third kappa shape index (κ3) is 4.49. The summed E-state index contributed by atoms with van der Waals surface area (Å²) in [4.78, 5) is 22.7. The van der Waals surface area contributed by atoms with E-state index in [0.29, 0.717) is 11.7 Å². The number of nitrogens with one attached hydrogen (secondary N) is 1. The quantitative estimate of drug-likeness (QED) is 0.707. The summed E-state index contributed by atoms with van der Waals surface area (Å²) in [5, 5.41) is 21.1. The molecule has 0 fully saturated rings. The maximum atomic E-state index is 11.9. The van der Waals surface area contributed by atoms with Crippen molar-refractivity contribution >= 4 is 17.6 Å². The average molecular weight is 329 g/mol. The number of benzene rings is 2. The molecule has 0 spiro atoms. The molecule has 0 unspecified atom stereocenters. The molecule has 2 rings (SSSR count). The Hall–Kier alpha value is -3.02. The smallest absolute Gasteiger partial charge is 0.335 e. The van der Waals surface area contributed by atoms with Gasteiger partial charge in [-0.25, -0.2) is 4.79 Å². The molecular weight excluding hydrogens is 310 g/mol. The Morgan fingerprint density at radius 2 is 1.92 bits per heavy atom. The minimum Gasteiger partial charge on any atom is -0.506 e. The maximum Gasteiger partial charge on any atom is 0.335 e. The molecule has 0 saturated carbocycles. The Morgan fingerprint density at radius 1 is 1.17 bits per heavy atom. The second-order valence-electron chi connectivity index (χ2n) is 5.60. The molecule has 2 aromatic rings. The predicted molar refractivity (Wildman–Crippen MR) is 89.7 cm³/mol. The second kappa shape index (κ2) is 7.50. The zero-order valence-corrected chi connectivity index (χ0v) is 13.4. The first-order chi connectivity index (χ1) is 11.4. The van der Waals surface area contributed by atoms with Crippen LogP contribution in [0.5, 0.6) is 11.5 Å². The molecule has 1 amide bonds. The van der Waals surface area contributed by atoms with Gasteiger partial charge < -0.3 is 20.3 Å². The van der Waals surface area contributed by atoms with E-state index in [4.69, 9.17) is 9.84 Å². The van der Waals surface area contributed by atoms with Crippen LogP contribution in [0.4, 0.5) is 5.69 Å². The minimum absolute atomic E-state index is 0.0627. The molecule has 0 bridgehead atoms. The van der Waals surface area contributed by atoms with Gasteiger partial charge in [0.25, 0.3) is 5.91 Å². The molecule has 6 nitrogen and oxygen atoms in total. The molecule has 0 aromatic heterocycles. The Morgan fingerprint density at radius 3 is 2.54 bits per heavy atom. The van der Waals surface area contributed by atoms with Crippen LogP contribution in [0.25, 0.3) is 0 Å². The van der Waals surface area contributed by atoms with E-state index < -0.39 is 11.9 Å². The lowest BCUT2D eigenvalue weighted by molar-refractivity contribution is -0.118. The Labute approximate surface area is 139 Å². The van der Waals surface area contributed by atoms with Crippen molar-refractivity contribution in [2.75, 3.05) is 11.9 Å². The molecular formula is C18H19NO5. The SMILES string of the molecule is CC(C)c1cccc(OCC(=O)Nc2ccc(C(=O)O)cc2O)c1. The van der Waals surface area contributed by atoms with Gasteiger partial charge in [0.15, 0.2) is 6.61 Å². The minimum atomic E-state index is -1.16. The predicted octanol–water partition coefficient (Wildman–Crippen LogP) is 3.23. The number of carbonyl (C=O) groups excluding carboxylic acids is 1. The van der Waals surface area contributed by atoms with Crippen LogP contribution in [0.2, 0.25) is 0 Å². The Bertz CT molecular complexity index is 755. The number of phenolic OH excluding ortho intramolecular Hbond substituents is 1. The average Bonchev–Trinajstić information content (AvgIpc) is 2.55. The Kier molecular flexibility index (Phi) is 5.42. The summed E-state index contributed by atoms with van der Waals surface area (Å²) in [6.45, 7) is 3.91. The van der Waals surface area contributed by atoms with Crippen molar-refractivity contribution in [2.24, 2.45) is 0 Å². The van der Waals surface area contributed by atoms with Crippen LogP contribution >= 0.6 is 0 Å². The van der Waals surface area contributed by atoms with Crippen molar-refractivity contribution in [1.29, 1.82) is 0 Å². The molecule has 24 heavy (non-hydrogen) atoms. The van der Waals surface area contributed by atoms with Crippen LogP contribution < -0.4 is 10.1 Å². The third-order valence-electron chi connectivity index (χ3n) is 3.41. The van der Waals surface area contributed by atoms with Crippen LogP contribution in [0, 0.1) is 0 Å². The number of anilines is 1. The number of amides is 1. The van der Waals surface area contributed by atoms with E-state index in [0.717, 1.165) is 11.6 Å². The lowest BCUT2D eigenvalue weighted by atomic mass is 10.0. The largest absolute Gasteiger partial charge is 0.506 e. The molecule has 0 radical (unpaired) electrons. The maximum absolute atomic E-state index is 11.9. The summed E-state index contributed by atoms with van der Waals surface area (Å²) in [6.07, 6.45) is 0. The van der Waals surface area contributed by atoms with E-state index >= 15 is 0 Å². The summed E-state index contributed by atoms with van der Waals surface area (Å²) in [7, 11) is 0. The third-order valence-corrected chi connectivity index (χ3v) is 3.41.